The molecule has 20 heavy (non-hydrogen) atoms. The van der Waals surface area contributed by atoms with Gasteiger partial charge in [0.1, 0.15) is 0 Å². The number of amides is 2. The quantitative estimate of drug-likeness (QED) is 0.767. The average molecular weight is 274 g/mol. The number of fused-ring (bicyclic) bond motifs is 1. The Hall–Kier alpha value is -2.31. The molecule has 0 radical (unpaired) electrons. The maximum atomic E-state index is 12.0. The zero-order valence-electron chi connectivity index (χ0n) is 11.6. The molecule has 0 fully saturated rings. The first-order valence-corrected chi connectivity index (χ1v) is 6.71. The van der Waals surface area contributed by atoms with E-state index in [-0.39, 0.29) is 12.1 Å². The lowest BCUT2D eigenvalue weighted by atomic mass is 9.94. The highest BCUT2D eigenvalue weighted by atomic mass is 16.2. The minimum absolute atomic E-state index is 0.143. The number of carbonyl (C=O) groups is 1. The molecular formula is C13H18N6O. The monoisotopic (exact) mass is 274 g/mol. The van der Waals surface area contributed by atoms with Crippen LogP contribution in [0.5, 0.6) is 0 Å². The minimum atomic E-state index is -0.208. The van der Waals surface area contributed by atoms with Crippen LogP contribution in [0.25, 0.3) is 0 Å². The molecule has 7 nitrogen and oxygen atoms in total. The van der Waals surface area contributed by atoms with E-state index in [1.165, 1.54) is 11.3 Å². The van der Waals surface area contributed by atoms with Gasteiger partial charge in [-0.3, -0.25) is 15.1 Å². The van der Waals surface area contributed by atoms with Gasteiger partial charge in [0.25, 0.3) is 0 Å². The summed E-state index contributed by atoms with van der Waals surface area (Å²) >= 11 is 0. The van der Waals surface area contributed by atoms with Gasteiger partial charge in [0.15, 0.2) is 5.82 Å². The van der Waals surface area contributed by atoms with Gasteiger partial charge in [0.05, 0.1) is 6.20 Å². The number of H-pyrrole nitrogens is 1. The Kier molecular flexibility index (Phi) is 3.17. The first-order valence-electron chi connectivity index (χ1n) is 6.71. The highest BCUT2D eigenvalue weighted by Gasteiger charge is 2.21. The van der Waals surface area contributed by atoms with Crippen LogP contribution < -0.4 is 10.6 Å². The predicted octanol–water partition coefficient (Wildman–Crippen LogP) is 1.13. The van der Waals surface area contributed by atoms with Crippen LogP contribution in [0.1, 0.15) is 23.4 Å². The van der Waals surface area contributed by atoms with Crippen molar-refractivity contribution in [2.45, 2.75) is 32.2 Å². The zero-order valence-corrected chi connectivity index (χ0v) is 11.6. The summed E-state index contributed by atoms with van der Waals surface area (Å²) in [6.07, 6.45) is 4.50. The summed E-state index contributed by atoms with van der Waals surface area (Å²) in [4.78, 5) is 12.0. The molecule has 0 aromatic carbocycles. The Labute approximate surface area is 116 Å². The Morgan fingerprint density at radius 3 is 3.15 bits per heavy atom. The van der Waals surface area contributed by atoms with Crippen LogP contribution in [-0.4, -0.2) is 32.1 Å². The van der Waals surface area contributed by atoms with E-state index in [9.17, 15) is 4.79 Å². The van der Waals surface area contributed by atoms with Gasteiger partial charge >= 0.3 is 6.03 Å². The van der Waals surface area contributed by atoms with Crippen molar-refractivity contribution in [1.82, 2.24) is 25.3 Å². The van der Waals surface area contributed by atoms with Gasteiger partial charge in [0, 0.05) is 30.5 Å². The third-order valence-electron chi connectivity index (χ3n) is 3.71. The van der Waals surface area contributed by atoms with Crippen LogP contribution in [0.4, 0.5) is 10.6 Å². The molecular weight excluding hydrogens is 256 g/mol. The number of carbonyl (C=O) groups excluding carboxylic acids is 1. The molecule has 7 heteroatoms. The van der Waals surface area contributed by atoms with E-state index in [1.807, 2.05) is 26.2 Å². The van der Waals surface area contributed by atoms with Gasteiger partial charge in [-0.1, -0.05) is 0 Å². The fourth-order valence-corrected chi connectivity index (χ4v) is 2.50. The lowest BCUT2D eigenvalue weighted by Crippen LogP contribution is -2.41. The van der Waals surface area contributed by atoms with E-state index in [1.54, 1.807) is 4.68 Å². The molecule has 2 amide bonds. The highest BCUT2D eigenvalue weighted by molar-refractivity contribution is 5.88. The maximum Gasteiger partial charge on any atom is 0.320 e. The van der Waals surface area contributed by atoms with Crippen LogP contribution >= 0.6 is 0 Å². The third-order valence-corrected chi connectivity index (χ3v) is 3.71. The largest absolute Gasteiger partial charge is 0.335 e. The van der Waals surface area contributed by atoms with Crippen LogP contribution in [0.15, 0.2) is 12.3 Å². The Balaban J connectivity index is 1.57. The predicted molar refractivity (Wildman–Crippen MR) is 74.5 cm³/mol. The molecule has 3 N–H and O–H groups in total. The zero-order chi connectivity index (χ0) is 14.1. The summed E-state index contributed by atoms with van der Waals surface area (Å²) < 4.78 is 1.73. The van der Waals surface area contributed by atoms with E-state index < -0.39 is 0 Å². The number of aromatic amines is 1. The highest BCUT2D eigenvalue weighted by Crippen LogP contribution is 2.18. The number of rotatable bonds is 2. The fraction of sp³-hybridized carbons (Fsp3) is 0.462. The summed E-state index contributed by atoms with van der Waals surface area (Å²) in [5, 5.41) is 17.0. The van der Waals surface area contributed by atoms with Crippen molar-refractivity contribution in [3.8, 4) is 0 Å². The normalized spacial score (nSPS) is 17.6. The van der Waals surface area contributed by atoms with Crippen molar-refractivity contribution >= 4 is 11.8 Å². The summed E-state index contributed by atoms with van der Waals surface area (Å²) in [5.74, 6) is 0.572. The van der Waals surface area contributed by atoms with Crippen molar-refractivity contribution in [3.05, 3.63) is 29.2 Å². The number of aryl methyl sites for hydroxylation is 3. The van der Waals surface area contributed by atoms with Gasteiger partial charge in [-0.2, -0.15) is 10.2 Å². The summed E-state index contributed by atoms with van der Waals surface area (Å²) in [6.45, 7) is 1.94. The molecule has 0 aliphatic heterocycles. The van der Waals surface area contributed by atoms with Crippen molar-refractivity contribution in [2.75, 3.05) is 5.32 Å². The number of aromatic nitrogens is 4. The molecule has 2 aromatic heterocycles. The van der Waals surface area contributed by atoms with Crippen LogP contribution in [0.2, 0.25) is 0 Å². The van der Waals surface area contributed by atoms with Crippen molar-refractivity contribution in [1.29, 1.82) is 0 Å². The summed E-state index contributed by atoms with van der Waals surface area (Å²) in [6, 6.07) is 1.78. The molecule has 2 heterocycles. The smallest absolute Gasteiger partial charge is 0.320 e. The fourth-order valence-electron chi connectivity index (χ4n) is 2.50. The van der Waals surface area contributed by atoms with Gasteiger partial charge in [-0.15, -0.1) is 0 Å². The average Bonchev–Trinajstić information content (AvgIpc) is 2.96. The Bertz CT molecular complexity index is 609. The molecule has 1 atom stereocenters. The van der Waals surface area contributed by atoms with Gasteiger partial charge in [-0.05, 0) is 31.7 Å². The second-order valence-corrected chi connectivity index (χ2v) is 5.21. The minimum Gasteiger partial charge on any atom is -0.335 e. The molecule has 2 aromatic rings. The molecule has 1 aliphatic rings. The van der Waals surface area contributed by atoms with Gasteiger partial charge < -0.3 is 5.32 Å². The third kappa shape index (κ3) is 2.52. The Morgan fingerprint density at radius 2 is 2.40 bits per heavy atom. The SMILES string of the molecule is Cc1cc(NC(=O)NC2CCc3[nH]ncc3C2)nn1C. The molecule has 0 bridgehead atoms. The lowest BCUT2D eigenvalue weighted by molar-refractivity contribution is 0.247. The van der Waals surface area contributed by atoms with Crippen molar-refractivity contribution in [3.63, 3.8) is 0 Å². The second kappa shape index (κ2) is 4.99. The van der Waals surface area contributed by atoms with Gasteiger partial charge in [0.2, 0.25) is 0 Å². The van der Waals surface area contributed by atoms with Crippen LogP contribution in [0.3, 0.4) is 0 Å². The number of hydrogen-bond acceptors (Lipinski definition) is 3. The van der Waals surface area contributed by atoms with E-state index in [0.29, 0.717) is 5.82 Å². The van der Waals surface area contributed by atoms with Crippen LogP contribution in [-0.2, 0) is 19.9 Å². The van der Waals surface area contributed by atoms with E-state index in [0.717, 1.165) is 25.0 Å². The second-order valence-electron chi connectivity index (χ2n) is 5.21. The molecule has 106 valence electrons. The molecule has 3 rings (SSSR count). The molecule has 0 spiro atoms. The van der Waals surface area contributed by atoms with Crippen LogP contribution in [0, 0.1) is 6.92 Å². The van der Waals surface area contributed by atoms with Gasteiger partial charge in [-0.25, -0.2) is 4.79 Å². The summed E-state index contributed by atoms with van der Waals surface area (Å²) in [5.41, 5.74) is 3.38. The van der Waals surface area contributed by atoms with E-state index in [2.05, 4.69) is 25.9 Å². The first-order chi connectivity index (χ1) is 9.61. The van der Waals surface area contributed by atoms with Crippen molar-refractivity contribution in [2.24, 2.45) is 7.05 Å². The molecule has 1 unspecified atom stereocenters. The number of hydrogen-bond donors (Lipinski definition) is 3. The standard InChI is InChI=1S/C13H18N6O/c1-8-5-12(18-19(8)2)16-13(20)15-10-3-4-11-9(6-10)7-14-17-11/h5,7,10H,3-4,6H2,1-2H3,(H,14,17)(H2,15,16,18,20). The molecule has 0 saturated heterocycles. The maximum absolute atomic E-state index is 12.0. The number of anilines is 1. The van der Waals surface area contributed by atoms with E-state index >= 15 is 0 Å². The molecule has 0 saturated carbocycles. The lowest BCUT2D eigenvalue weighted by Gasteiger charge is -2.22. The number of nitrogens with zero attached hydrogens (tertiary/aromatic N) is 3. The Morgan fingerprint density at radius 1 is 1.55 bits per heavy atom. The first kappa shape index (κ1) is 12.7. The summed E-state index contributed by atoms with van der Waals surface area (Å²) in [7, 11) is 1.85. The number of urea groups is 1. The number of nitrogens with one attached hydrogen (secondary N) is 3. The topological polar surface area (TPSA) is 87.6 Å². The van der Waals surface area contributed by atoms with E-state index in [4.69, 9.17) is 0 Å². The van der Waals surface area contributed by atoms with Crippen molar-refractivity contribution < 1.29 is 4.79 Å². The molecule has 1 aliphatic carbocycles.